The van der Waals surface area contributed by atoms with E-state index >= 15 is 0 Å². The summed E-state index contributed by atoms with van der Waals surface area (Å²) >= 11 is 0. The maximum atomic E-state index is 12.8. The van der Waals surface area contributed by atoms with Crippen LogP contribution >= 0.6 is 0 Å². The molecule has 1 aliphatic heterocycles. The Kier molecular flexibility index (Phi) is 6.93. The Morgan fingerprint density at radius 2 is 1.68 bits per heavy atom. The van der Waals surface area contributed by atoms with Crippen molar-refractivity contribution in [1.29, 1.82) is 0 Å². The summed E-state index contributed by atoms with van der Waals surface area (Å²) in [6.45, 7) is 6.90. The normalized spacial score (nSPS) is 15.6. The Bertz CT molecular complexity index is 769. The summed E-state index contributed by atoms with van der Waals surface area (Å²) in [5, 5.41) is 3.14. The second kappa shape index (κ2) is 9.60. The van der Waals surface area contributed by atoms with Crippen LogP contribution in [0.3, 0.4) is 0 Å². The summed E-state index contributed by atoms with van der Waals surface area (Å²) in [5.74, 6) is 1.15. The molecule has 1 aliphatic rings. The molecule has 28 heavy (non-hydrogen) atoms. The first-order valence-electron chi connectivity index (χ1n) is 9.99. The lowest BCUT2D eigenvalue weighted by Gasteiger charge is -2.38. The first-order chi connectivity index (χ1) is 13.7. The Labute approximate surface area is 167 Å². The smallest absolute Gasteiger partial charge is 0.251 e. The van der Waals surface area contributed by atoms with Crippen LogP contribution in [0.15, 0.2) is 48.5 Å². The van der Waals surface area contributed by atoms with Gasteiger partial charge in [0, 0.05) is 30.7 Å². The molecule has 1 N–H and O–H groups in total. The summed E-state index contributed by atoms with van der Waals surface area (Å²) in [6.07, 6.45) is 1.79. The first kappa shape index (κ1) is 20.2. The fourth-order valence-corrected chi connectivity index (χ4v) is 3.67. The van der Waals surface area contributed by atoms with Gasteiger partial charge in [-0.2, -0.15) is 0 Å². The van der Waals surface area contributed by atoms with Crippen LogP contribution in [0.4, 0.5) is 0 Å². The molecular weight excluding hydrogens is 354 g/mol. The minimum Gasteiger partial charge on any atom is -0.490 e. The van der Waals surface area contributed by atoms with Crippen molar-refractivity contribution in [2.75, 3.05) is 33.0 Å². The molecule has 0 unspecified atom stereocenters. The van der Waals surface area contributed by atoms with Crippen molar-refractivity contribution in [2.24, 2.45) is 0 Å². The Morgan fingerprint density at radius 1 is 1.00 bits per heavy atom. The summed E-state index contributed by atoms with van der Waals surface area (Å²) < 4.78 is 16.8. The zero-order valence-corrected chi connectivity index (χ0v) is 16.7. The third-order valence-electron chi connectivity index (χ3n) is 5.23. The summed E-state index contributed by atoms with van der Waals surface area (Å²) in [5.41, 5.74) is 1.73. The van der Waals surface area contributed by atoms with Crippen LogP contribution in [-0.4, -0.2) is 38.9 Å². The van der Waals surface area contributed by atoms with Gasteiger partial charge in [0.05, 0.1) is 13.2 Å². The Balaban J connectivity index is 1.75. The molecule has 1 fully saturated rings. The van der Waals surface area contributed by atoms with Crippen molar-refractivity contribution >= 4 is 5.91 Å². The molecule has 0 bridgehead atoms. The number of benzene rings is 2. The van der Waals surface area contributed by atoms with Crippen molar-refractivity contribution < 1.29 is 19.0 Å². The fraction of sp³-hybridized carbons (Fsp3) is 0.435. The van der Waals surface area contributed by atoms with Gasteiger partial charge in [0.15, 0.2) is 11.5 Å². The zero-order valence-electron chi connectivity index (χ0n) is 16.7. The topological polar surface area (TPSA) is 56.8 Å². The molecule has 5 heteroatoms. The van der Waals surface area contributed by atoms with Crippen LogP contribution in [-0.2, 0) is 10.2 Å². The maximum Gasteiger partial charge on any atom is 0.251 e. The van der Waals surface area contributed by atoms with Gasteiger partial charge in [-0.3, -0.25) is 4.79 Å². The van der Waals surface area contributed by atoms with Crippen molar-refractivity contribution in [3.8, 4) is 11.5 Å². The Hall–Kier alpha value is -2.53. The fourth-order valence-electron chi connectivity index (χ4n) is 3.67. The third-order valence-corrected chi connectivity index (χ3v) is 5.23. The molecule has 0 atom stereocenters. The average Bonchev–Trinajstić information content (AvgIpc) is 2.75. The quantitative estimate of drug-likeness (QED) is 0.750. The van der Waals surface area contributed by atoms with Crippen LogP contribution in [0.1, 0.15) is 42.6 Å². The number of amides is 1. The summed E-state index contributed by atoms with van der Waals surface area (Å²) in [7, 11) is 0. The van der Waals surface area contributed by atoms with Gasteiger partial charge in [-0.25, -0.2) is 0 Å². The largest absolute Gasteiger partial charge is 0.490 e. The highest BCUT2D eigenvalue weighted by Gasteiger charge is 2.34. The van der Waals surface area contributed by atoms with Gasteiger partial charge in [0.25, 0.3) is 5.91 Å². The second-order valence-corrected chi connectivity index (χ2v) is 6.97. The molecule has 2 aromatic rings. The van der Waals surface area contributed by atoms with E-state index in [1.54, 1.807) is 18.2 Å². The minimum atomic E-state index is -0.106. The molecule has 0 aliphatic carbocycles. The molecule has 0 radical (unpaired) electrons. The van der Waals surface area contributed by atoms with Gasteiger partial charge in [-0.05, 0) is 50.5 Å². The van der Waals surface area contributed by atoms with Crippen LogP contribution in [0.25, 0.3) is 0 Å². The third kappa shape index (κ3) is 4.65. The molecule has 3 rings (SSSR count). The van der Waals surface area contributed by atoms with Gasteiger partial charge in [0.2, 0.25) is 0 Å². The van der Waals surface area contributed by atoms with Gasteiger partial charge in [-0.15, -0.1) is 0 Å². The van der Waals surface area contributed by atoms with E-state index in [2.05, 4.69) is 29.6 Å². The van der Waals surface area contributed by atoms with Crippen LogP contribution < -0.4 is 14.8 Å². The van der Waals surface area contributed by atoms with E-state index in [0.717, 1.165) is 12.8 Å². The molecule has 150 valence electrons. The standard InChI is InChI=1S/C23H29NO4/c1-3-27-20-11-10-18(16-21(20)28-4-2)22(25)24-17-23(12-14-26-15-13-23)19-8-6-5-7-9-19/h5-11,16H,3-4,12-15,17H2,1-2H3,(H,24,25). The summed E-state index contributed by atoms with van der Waals surface area (Å²) in [6, 6.07) is 15.7. The SMILES string of the molecule is CCOc1ccc(C(=O)NCC2(c3ccccc3)CCOCC2)cc1OCC. The number of ether oxygens (including phenoxy) is 3. The van der Waals surface area contributed by atoms with Crippen LogP contribution in [0.5, 0.6) is 11.5 Å². The van der Waals surface area contributed by atoms with Crippen molar-refractivity contribution in [3.05, 3.63) is 59.7 Å². The van der Waals surface area contributed by atoms with Gasteiger partial charge in [-0.1, -0.05) is 30.3 Å². The molecule has 1 heterocycles. The second-order valence-electron chi connectivity index (χ2n) is 6.97. The number of carbonyl (C=O) groups is 1. The highest BCUT2D eigenvalue weighted by molar-refractivity contribution is 5.95. The molecule has 0 aromatic heterocycles. The predicted octanol–water partition coefficient (Wildman–Crippen LogP) is 3.96. The molecule has 0 spiro atoms. The summed E-state index contributed by atoms with van der Waals surface area (Å²) in [4.78, 5) is 12.8. The van der Waals surface area contributed by atoms with E-state index in [1.165, 1.54) is 5.56 Å². The van der Waals surface area contributed by atoms with Gasteiger partial charge < -0.3 is 19.5 Å². The molecule has 2 aromatic carbocycles. The minimum absolute atomic E-state index is 0.0941. The van der Waals surface area contributed by atoms with E-state index in [-0.39, 0.29) is 11.3 Å². The molecule has 1 amide bonds. The van der Waals surface area contributed by atoms with Crippen molar-refractivity contribution in [2.45, 2.75) is 32.1 Å². The number of rotatable bonds is 8. The highest BCUT2D eigenvalue weighted by Crippen LogP contribution is 2.34. The molecule has 5 nitrogen and oxygen atoms in total. The van der Waals surface area contributed by atoms with Crippen LogP contribution in [0.2, 0.25) is 0 Å². The molecular formula is C23H29NO4. The van der Waals surface area contributed by atoms with E-state index in [4.69, 9.17) is 14.2 Å². The predicted molar refractivity (Wildman–Crippen MR) is 109 cm³/mol. The lowest BCUT2D eigenvalue weighted by molar-refractivity contribution is 0.0487. The number of carbonyl (C=O) groups excluding carboxylic acids is 1. The van der Waals surface area contributed by atoms with E-state index < -0.39 is 0 Å². The lowest BCUT2D eigenvalue weighted by atomic mass is 9.74. The number of hydrogen-bond donors (Lipinski definition) is 1. The highest BCUT2D eigenvalue weighted by atomic mass is 16.5. The molecule has 0 saturated carbocycles. The lowest BCUT2D eigenvalue weighted by Crippen LogP contribution is -2.44. The van der Waals surface area contributed by atoms with E-state index in [1.807, 2.05) is 19.9 Å². The van der Waals surface area contributed by atoms with E-state index in [9.17, 15) is 4.79 Å². The average molecular weight is 383 g/mol. The van der Waals surface area contributed by atoms with Gasteiger partial charge >= 0.3 is 0 Å². The van der Waals surface area contributed by atoms with Crippen LogP contribution in [0, 0.1) is 0 Å². The van der Waals surface area contributed by atoms with Crippen molar-refractivity contribution in [1.82, 2.24) is 5.32 Å². The number of hydrogen-bond acceptors (Lipinski definition) is 4. The zero-order chi connectivity index (χ0) is 19.8. The Morgan fingerprint density at radius 3 is 2.36 bits per heavy atom. The van der Waals surface area contributed by atoms with Crippen molar-refractivity contribution in [3.63, 3.8) is 0 Å². The number of nitrogens with one attached hydrogen (secondary N) is 1. The molecule has 1 saturated heterocycles. The maximum absolute atomic E-state index is 12.8. The first-order valence-corrected chi connectivity index (χ1v) is 9.99. The van der Waals surface area contributed by atoms with Gasteiger partial charge in [0.1, 0.15) is 0 Å². The monoisotopic (exact) mass is 383 g/mol. The van der Waals surface area contributed by atoms with E-state index in [0.29, 0.717) is 50.0 Å².